The number of para-hydroxylation sites is 1. The molecule has 3 N–H and O–H groups in total. The van der Waals surface area contributed by atoms with Crippen LogP contribution in [0.4, 0.5) is 0 Å². The maximum atomic E-state index is 10.3. The van der Waals surface area contributed by atoms with Crippen LogP contribution in [0.5, 0.6) is 5.75 Å². The highest BCUT2D eigenvalue weighted by atomic mass is 35.5. The van der Waals surface area contributed by atoms with Crippen LogP contribution >= 0.6 is 11.6 Å². The van der Waals surface area contributed by atoms with Crippen molar-refractivity contribution in [1.29, 1.82) is 0 Å². The zero-order valence-corrected chi connectivity index (χ0v) is 10.4. The largest absolute Gasteiger partial charge is 0.489 e. The molecule has 0 radical (unpaired) electrons. The van der Waals surface area contributed by atoms with E-state index in [2.05, 4.69) is 0 Å². The van der Waals surface area contributed by atoms with Crippen molar-refractivity contribution in [3.8, 4) is 5.75 Å². The van der Waals surface area contributed by atoms with Crippen LogP contribution in [-0.2, 0) is 4.79 Å². The first-order valence-corrected chi connectivity index (χ1v) is 5.82. The van der Waals surface area contributed by atoms with E-state index < -0.39 is 24.6 Å². The summed E-state index contributed by atoms with van der Waals surface area (Å²) in [4.78, 5) is 10.3. The van der Waals surface area contributed by atoms with Gasteiger partial charge in [0.25, 0.3) is 0 Å². The normalized spacial score (nSPS) is 13.9. The number of benzene rings is 1. The Bertz CT molecular complexity index is 396. The molecule has 0 heterocycles. The van der Waals surface area contributed by atoms with E-state index in [9.17, 15) is 15.0 Å². The lowest BCUT2D eigenvalue weighted by Gasteiger charge is -2.15. The number of halogens is 1. The Morgan fingerprint density at radius 3 is 2.56 bits per heavy atom. The molecule has 0 bridgehead atoms. The smallest absolute Gasteiger partial charge is 0.305 e. The predicted octanol–water partition coefficient (Wildman–Crippen LogP) is 1.31. The van der Waals surface area contributed by atoms with Gasteiger partial charge in [-0.05, 0) is 12.1 Å². The number of hydrogen-bond donors (Lipinski definition) is 3. The number of carboxylic acids is 1. The van der Waals surface area contributed by atoms with Crippen molar-refractivity contribution < 1.29 is 24.9 Å². The van der Waals surface area contributed by atoms with E-state index in [-0.39, 0.29) is 13.0 Å². The van der Waals surface area contributed by atoms with Crippen molar-refractivity contribution in [2.45, 2.75) is 25.0 Å². The van der Waals surface area contributed by atoms with Gasteiger partial charge in [-0.1, -0.05) is 23.7 Å². The first kappa shape index (κ1) is 14.8. The Morgan fingerprint density at radius 2 is 1.94 bits per heavy atom. The molecular formula is C12H15ClO5. The minimum atomic E-state index is -1.11. The van der Waals surface area contributed by atoms with Gasteiger partial charge in [0.15, 0.2) is 0 Å². The van der Waals surface area contributed by atoms with Crippen molar-refractivity contribution in [2.75, 3.05) is 6.61 Å². The van der Waals surface area contributed by atoms with Crippen LogP contribution < -0.4 is 4.74 Å². The fourth-order valence-corrected chi connectivity index (χ4v) is 1.61. The zero-order chi connectivity index (χ0) is 13.5. The van der Waals surface area contributed by atoms with Crippen molar-refractivity contribution >= 4 is 17.6 Å². The average Bonchev–Trinajstić information content (AvgIpc) is 2.26. The van der Waals surface area contributed by atoms with Gasteiger partial charge in [-0.2, -0.15) is 0 Å². The van der Waals surface area contributed by atoms with Crippen molar-refractivity contribution in [1.82, 2.24) is 0 Å². The molecule has 0 saturated carbocycles. The van der Waals surface area contributed by atoms with Crippen LogP contribution in [0.25, 0.3) is 0 Å². The summed E-state index contributed by atoms with van der Waals surface area (Å²) in [5, 5.41) is 27.8. The summed E-state index contributed by atoms with van der Waals surface area (Å²) in [5.74, 6) is -0.673. The maximum Gasteiger partial charge on any atom is 0.305 e. The van der Waals surface area contributed by atoms with Crippen LogP contribution in [0.1, 0.15) is 12.8 Å². The standard InChI is InChI=1S/C12H15ClO5/c13-10-3-1-2-4-11(10)18-7-9(15)5-8(14)6-12(16)17/h1-4,8-9,14-15H,5-7H2,(H,16,17). The minimum absolute atomic E-state index is 0.0551. The second-order valence-electron chi connectivity index (χ2n) is 3.88. The average molecular weight is 275 g/mol. The third-order valence-electron chi connectivity index (χ3n) is 2.22. The van der Waals surface area contributed by atoms with Crippen LogP contribution in [-0.4, -0.2) is 40.1 Å². The molecule has 2 unspecified atom stereocenters. The Balaban J connectivity index is 2.35. The van der Waals surface area contributed by atoms with E-state index in [0.717, 1.165) is 0 Å². The molecule has 5 nitrogen and oxygen atoms in total. The Labute approximate surface area is 110 Å². The quantitative estimate of drug-likeness (QED) is 0.698. The molecule has 0 saturated heterocycles. The van der Waals surface area contributed by atoms with E-state index in [1.807, 2.05) is 0 Å². The number of hydrogen-bond acceptors (Lipinski definition) is 4. The predicted molar refractivity (Wildman–Crippen MR) is 65.8 cm³/mol. The monoisotopic (exact) mass is 274 g/mol. The molecule has 0 aliphatic heterocycles. The molecule has 0 aromatic heterocycles. The summed E-state index contributed by atoms with van der Waals surface area (Å²) in [6, 6.07) is 6.81. The van der Waals surface area contributed by atoms with Gasteiger partial charge in [0, 0.05) is 6.42 Å². The van der Waals surface area contributed by atoms with Gasteiger partial charge >= 0.3 is 5.97 Å². The molecule has 6 heteroatoms. The van der Waals surface area contributed by atoms with Gasteiger partial charge < -0.3 is 20.1 Å². The first-order valence-electron chi connectivity index (χ1n) is 5.44. The third-order valence-corrected chi connectivity index (χ3v) is 2.53. The van der Waals surface area contributed by atoms with Crippen molar-refractivity contribution in [3.63, 3.8) is 0 Å². The van der Waals surface area contributed by atoms with Crippen molar-refractivity contribution in [2.24, 2.45) is 0 Å². The molecular weight excluding hydrogens is 260 g/mol. The summed E-state index contributed by atoms with van der Waals surface area (Å²) >= 11 is 5.85. The molecule has 1 aromatic rings. The molecule has 0 spiro atoms. The molecule has 0 amide bonds. The summed E-state index contributed by atoms with van der Waals surface area (Å²) in [7, 11) is 0. The third kappa shape index (κ3) is 5.35. The summed E-state index contributed by atoms with van der Waals surface area (Å²) in [5.41, 5.74) is 0. The fraction of sp³-hybridized carbons (Fsp3) is 0.417. The summed E-state index contributed by atoms with van der Waals surface area (Å²) in [6.07, 6.45) is -2.50. The topological polar surface area (TPSA) is 87.0 Å². The molecule has 18 heavy (non-hydrogen) atoms. The molecule has 0 fully saturated rings. The Morgan fingerprint density at radius 1 is 1.28 bits per heavy atom. The number of aliphatic carboxylic acids is 1. The number of aliphatic hydroxyl groups excluding tert-OH is 2. The van der Waals surface area contributed by atoms with Crippen LogP contribution in [0, 0.1) is 0 Å². The number of ether oxygens (including phenoxy) is 1. The van der Waals surface area contributed by atoms with Gasteiger partial charge in [-0.15, -0.1) is 0 Å². The highest BCUT2D eigenvalue weighted by molar-refractivity contribution is 6.32. The number of carboxylic acid groups (broad SMARTS) is 1. The van der Waals surface area contributed by atoms with E-state index in [0.29, 0.717) is 10.8 Å². The summed E-state index contributed by atoms with van der Waals surface area (Å²) < 4.78 is 5.26. The zero-order valence-electron chi connectivity index (χ0n) is 9.62. The van der Waals surface area contributed by atoms with Crippen LogP contribution in [0.2, 0.25) is 5.02 Å². The Kier molecular flexibility index (Phi) is 5.91. The maximum absolute atomic E-state index is 10.3. The minimum Gasteiger partial charge on any atom is -0.489 e. The lowest BCUT2D eigenvalue weighted by Crippen LogP contribution is -2.25. The summed E-state index contributed by atoms with van der Waals surface area (Å²) in [6.45, 7) is -0.0551. The van der Waals surface area contributed by atoms with Gasteiger partial charge in [0.1, 0.15) is 12.4 Å². The SMILES string of the molecule is O=C(O)CC(O)CC(O)COc1ccccc1Cl. The molecule has 0 aliphatic carbocycles. The van der Waals surface area contributed by atoms with E-state index in [4.69, 9.17) is 21.4 Å². The molecule has 1 aromatic carbocycles. The van der Waals surface area contributed by atoms with E-state index in [1.165, 1.54) is 0 Å². The molecule has 0 aliphatic rings. The van der Waals surface area contributed by atoms with Crippen LogP contribution in [0.3, 0.4) is 0 Å². The second-order valence-corrected chi connectivity index (χ2v) is 4.29. The Hall–Kier alpha value is -1.30. The van der Waals surface area contributed by atoms with E-state index in [1.54, 1.807) is 24.3 Å². The number of rotatable bonds is 7. The first-order chi connectivity index (χ1) is 8.49. The molecule has 100 valence electrons. The molecule has 1 rings (SSSR count). The lowest BCUT2D eigenvalue weighted by molar-refractivity contribution is -0.139. The van der Waals surface area contributed by atoms with Gasteiger partial charge in [0.2, 0.25) is 0 Å². The van der Waals surface area contributed by atoms with Crippen LogP contribution in [0.15, 0.2) is 24.3 Å². The second kappa shape index (κ2) is 7.20. The van der Waals surface area contributed by atoms with Gasteiger partial charge in [0.05, 0.1) is 23.7 Å². The van der Waals surface area contributed by atoms with Crippen molar-refractivity contribution in [3.05, 3.63) is 29.3 Å². The lowest BCUT2D eigenvalue weighted by atomic mass is 10.1. The number of carbonyl (C=O) groups is 1. The van der Waals surface area contributed by atoms with Gasteiger partial charge in [-0.3, -0.25) is 4.79 Å². The highest BCUT2D eigenvalue weighted by Crippen LogP contribution is 2.23. The van der Waals surface area contributed by atoms with Gasteiger partial charge in [-0.25, -0.2) is 0 Å². The van der Waals surface area contributed by atoms with E-state index >= 15 is 0 Å². The highest BCUT2D eigenvalue weighted by Gasteiger charge is 2.15. The molecule has 2 atom stereocenters. The number of aliphatic hydroxyl groups is 2. The fourth-order valence-electron chi connectivity index (χ4n) is 1.41.